The summed E-state index contributed by atoms with van der Waals surface area (Å²) in [6.07, 6.45) is 3.94. The molecule has 0 aromatic carbocycles. The molecular formula is C10H19N. The van der Waals surface area contributed by atoms with E-state index in [0.717, 1.165) is 18.6 Å². The third-order valence-electron chi connectivity index (χ3n) is 1.61. The van der Waals surface area contributed by atoms with Gasteiger partial charge in [-0.15, -0.1) is 0 Å². The minimum atomic E-state index is 0.600. The van der Waals surface area contributed by atoms with Crippen molar-refractivity contribution in [3.8, 4) is 0 Å². The van der Waals surface area contributed by atoms with E-state index in [2.05, 4.69) is 27.7 Å². The lowest BCUT2D eigenvalue weighted by Crippen LogP contribution is -1.98. The van der Waals surface area contributed by atoms with Gasteiger partial charge < -0.3 is 5.41 Å². The topological polar surface area (TPSA) is 23.9 Å². The largest absolute Gasteiger partial charge is 0.305 e. The van der Waals surface area contributed by atoms with Crippen molar-refractivity contribution in [2.45, 2.75) is 40.5 Å². The molecule has 0 amide bonds. The van der Waals surface area contributed by atoms with Gasteiger partial charge in [-0.2, -0.15) is 0 Å². The van der Waals surface area contributed by atoms with E-state index in [1.54, 1.807) is 0 Å². The molecule has 0 unspecified atom stereocenters. The van der Waals surface area contributed by atoms with Gasteiger partial charge in [-0.25, -0.2) is 0 Å². The van der Waals surface area contributed by atoms with E-state index >= 15 is 0 Å². The number of nitrogens with one attached hydrogen (secondary N) is 1. The summed E-state index contributed by atoms with van der Waals surface area (Å²) in [6, 6.07) is 0. The lowest BCUT2D eigenvalue weighted by molar-refractivity contribution is 0.683. The molecule has 0 bridgehead atoms. The van der Waals surface area contributed by atoms with Crippen molar-refractivity contribution >= 4 is 5.71 Å². The highest BCUT2D eigenvalue weighted by Crippen LogP contribution is 2.05. The summed E-state index contributed by atoms with van der Waals surface area (Å²) in [5.74, 6) is 0.600. The zero-order valence-electron chi connectivity index (χ0n) is 8.07. The van der Waals surface area contributed by atoms with Crippen molar-refractivity contribution in [3.63, 3.8) is 0 Å². The second-order valence-corrected chi connectivity index (χ2v) is 3.47. The zero-order chi connectivity index (χ0) is 8.85. The van der Waals surface area contributed by atoms with Gasteiger partial charge in [-0.3, -0.25) is 0 Å². The molecule has 0 rings (SSSR count). The van der Waals surface area contributed by atoms with Gasteiger partial charge >= 0.3 is 0 Å². The summed E-state index contributed by atoms with van der Waals surface area (Å²) in [4.78, 5) is 0. The SMILES string of the molecule is CC/C(C)=C\C(=N)CC(C)C. The Bertz CT molecular complexity index is 154. The molecule has 0 heterocycles. The van der Waals surface area contributed by atoms with E-state index in [1.165, 1.54) is 5.57 Å². The second kappa shape index (κ2) is 5.11. The predicted molar refractivity (Wildman–Crippen MR) is 51.2 cm³/mol. The Labute approximate surface area is 70.0 Å². The minimum absolute atomic E-state index is 0.600. The van der Waals surface area contributed by atoms with Crippen LogP contribution in [0.5, 0.6) is 0 Å². The molecule has 1 N–H and O–H groups in total. The van der Waals surface area contributed by atoms with Gasteiger partial charge in [0.1, 0.15) is 0 Å². The molecule has 0 aliphatic carbocycles. The summed E-state index contributed by atoms with van der Waals surface area (Å²) >= 11 is 0. The Balaban J connectivity index is 3.86. The van der Waals surface area contributed by atoms with E-state index in [9.17, 15) is 0 Å². The van der Waals surface area contributed by atoms with Crippen molar-refractivity contribution in [2.24, 2.45) is 5.92 Å². The number of hydrogen-bond donors (Lipinski definition) is 1. The van der Waals surface area contributed by atoms with E-state index in [4.69, 9.17) is 5.41 Å². The highest BCUT2D eigenvalue weighted by Gasteiger charge is 1.97. The lowest BCUT2D eigenvalue weighted by atomic mass is 10.0. The molecule has 1 nitrogen and oxygen atoms in total. The molecule has 0 aromatic rings. The van der Waals surface area contributed by atoms with Crippen LogP contribution in [0.2, 0.25) is 0 Å². The molecule has 0 aliphatic heterocycles. The second-order valence-electron chi connectivity index (χ2n) is 3.47. The average molecular weight is 153 g/mol. The van der Waals surface area contributed by atoms with Crippen LogP contribution in [0, 0.1) is 11.3 Å². The number of allylic oxidation sites excluding steroid dienone is 2. The quantitative estimate of drug-likeness (QED) is 0.598. The van der Waals surface area contributed by atoms with Crippen molar-refractivity contribution in [1.82, 2.24) is 0 Å². The molecule has 0 spiro atoms. The van der Waals surface area contributed by atoms with Crippen LogP contribution in [-0.2, 0) is 0 Å². The smallest absolute Gasteiger partial charge is 0.0315 e. The molecule has 0 fully saturated rings. The maximum atomic E-state index is 7.58. The van der Waals surface area contributed by atoms with E-state index in [0.29, 0.717) is 5.92 Å². The van der Waals surface area contributed by atoms with Gasteiger partial charge in [0.15, 0.2) is 0 Å². The van der Waals surface area contributed by atoms with Gasteiger partial charge in [-0.1, -0.05) is 26.3 Å². The third kappa shape index (κ3) is 5.84. The number of hydrogen-bond acceptors (Lipinski definition) is 1. The Morgan fingerprint density at radius 1 is 1.45 bits per heavy atom. The van der Waals surface area contributed by atoms with Crippen LogP contribution in [0.15, 0.2) is 11.6 Å². The van der Waals surface area contributed by atoms with Gasteiger partial charge in [0.05, 0.1) is 0 Å². The predicted octanol–water partition coefficient (Wildman–Crippen LogP) is 3.41. The monoisotopic (exact) mass is 153 g/mol. The van der Waals surface area contributed by atoms with Crippen molar-refractivity contribution in [3.05, 3.63) is 11.6 Å². The number of rotatable bonds is 4. The van der Waals surface area contributed by atoms with Crippen LogP contribution in [0.3, 0.4) is 0 Å². The average Bonchev–Trinajstić information content (AvgIpc) is 1.85. The van der Waals surface area contributed by atoms with Crippen LogP contribution < -0.4 is 0 Å². The Morgan fingerprint density at radius 3 is 2.36 bits per heavy atom. The maximum Gasteiger partial charge on any atom is 0.0315 e. The van der Waals surface area contributed by atoms with Crippen molar-refractivity contribution < 1.29 is 0 Å². The molecule has 11 heavy (non-hydrogen) atoms. The van der Waals surface area contributed by atoms with E-state index in [-0.39, 0.29) is 0 Å². The third-order valence-corrected chi connectivity index (χ3v) is 1.61. The summed E-state index contributed by atoms with van der Waals surface area (Å²) in [6.45, 7) is 8.48. The maximum absolute atomic E-state index is 7.58. The van der Waals surface area contributed by atoms with Crippen LogP contribution in [0.4, 0.5) is 0 Å². The summed E-state index contributed by atoms with van der Waals surface area (Å²) < 4.78 is 0. The zero-order valence-corrected chi connectivity index (χ0v) is 8.07. The molecule has 0 aliphatic rings. The molecule has 0 radical (unpaired) electrons. The lowest BCUT2D eigenvalue weighted by Gasteiger charge is -2.02. The van der Waals surface area contributed by atoms with Crippen LogP contribution >= 0.6 is 0 Å². The highest BCUT2D eigenvalue weighted by atomic mass is 14.4. The van der Waals surface area contributed by atoms with Crippen LogP contribution in [0.25, 0.3) is 0 Å². The van der Waals surface area contributed by atoms with Crippen molar-refractivity contribution in [2.75, 3.05) is 0 Å². The first kappa shape index (κ1) is 10.4. The minimum Gasteiger partial charge on any atom is -0.305 e. The first-order valence-electron chi connectivity index (χ1n) is 4.30. The van der Waals surface area contributed by atoms with E-state index < -0.39 is 0 Å². The molecule has 0 saturated carbocycles. The molecule has 64 valence electrons. The summed E-state index contributed by atoms with van der Waals surface area (Å²) in [5.41, 5.74) is 2.06. The fourth-order valence-electron chi connectivity index (χ4n) is 0.898. The molecular weight excluding hydrogens is 134 g/mol. The molecule has 0 saturated heterocycles. The highest BCUT2D eigenvalue weighted by molar-refractivity contribution is 5.92. The van der Waals surface area contributed by atoms with Crippen molar-refractivity contribution in [1.29, 1.82) is 5.41 Å². The Morgan fingerprint density at radius 2 is 2.00 bits per heavy atom. The van der Waals surface area contributed by atoms with Gasteiger partial charge in [0.2, 0.25) is 0 Å². The summed E-state index contributed by atoms with van der Waals surface area (Å²) in [5, 5.41) is 7.58. The van der Waals surface area contributed by atoms with Gasteiger partial charge in [0, 0.05) is 5.71 Å². The first-order chi connectivity index (χ1) is 5.06. The van der Waals surface area contributed by atoms with E-state index in [1.807, 2.05) is 6.08 Å². The van der Waals surface area contributed by atoms with Gasteiger partial charge in [0.25, 0.3) is 0 Å². The summed E-state index contributed by atoms with van der Waals surface area (Å²) in [7, 11) is 0. The normalized spacial score (nSPS) is 12.3. The first-order valence-corrected chi connectivity index (χ1v) is 4.30. The van der Waals surface area contributed by atoms with Gasteiger partial charge in [-0.05, 0) is 31.8 Å². The molecule has 1 heteroatoms. The molecule has 0 atom stereocenters. The fourth-order valence-corrected chi connectivity index (χ4v) is 0.898. The Hall–Kier alpha value is -0.590. The molecule has 0 aromatic heterocycles. The Kier molecular flexibility index (Phi) is 4.84. The van der Waals surface area contributed by atoms with Crippen LogP contribution in [-0.4, -0.2) is 5.71 Å². The standard InChI is InChI=1S/C10H19N/c1-5-9(4)7-10(11)6-8(2)3/h7-8,11H,5-6H2,1-4H3/b9-7-,11-10?. The van der Waals surface area contributed by atoms with Crippen LogP contribution in [0.1, 0.15) is 40.5 Å². The fraction of sp³-hybridized carbons (Fsp3) is 0.700.